The zero-order valence-corrected chi connectivity index (χ0v) is 13.2. The molecule has 0 aliphatic rings. The van der Waals surface area contributed by atoms with E-state index in [1.165, 1.54) is 6.42 Å². The van der Waals surface area contributed by atoms with Gasteiger partial charge in [0.2, 0.25) is 0 Å². The maximum absolute atomic E-state index is 5.79. The monoisotopic (exact) mass is 293 g/mol. The van der Waals surface area contributed by atoms with Crippen LogP contribution in [-0.2, 0) is 6.61 Å². The third-order valence-electron chi connectivity index (χ3n) is 3.38. The largest absolute Gasteiger partial charge is 0.489 e. The van der Waals surface area contributed by atoms with E-state index in [0.717, 1.165) is 35.4 Å². The van der Waals surface area contributed by atoms with Crippen LogP contribution >= 0.6 is 0 Å². The summed E-state index contributed by atoms with van der Waals surface area (Å²) in [5.41, 5.74) is 3.38. The lowest BCUT2D eigenvalue weighted by molar-refractivity contribution is 0.306. The third kappa shape index (κ3) is 5.21. The second-order valence-corrected chi connectivity index (χ2v) is 5.19. The van der Waals surface area contributed by atoms with Crippen molar-refractivity contribution in [3.63, 3.8) is 0 Å². The van der Waals surface area contributed by atoms with Gasteiger partial charge in [-0.15, -0.1) is 0 Å². The Labute approximate surface area is 133 Å². The molecule has 2 aromatic carbocycles. The second kappa shape index (κ2) is 8.83. The molecule has 0 atom stereocenters. The summed E-state index contributed by atoms with van der Waals surface area (Å²) in [5.74, 6) is 0.874. The van der Waals surface area contributed by atoms with Crippen molar-refractivity contribution in [2.75, 3.05) is 6.54 Å². The maximum Gasteiger partial charge on any atom is 0.119 e. The van der Waals surface area contributed by atoms with Crippen molar-refractivity contribution in [1.82, 2.24) is 0 Å². The predicted molar refractivity (Wildman–Crippen MR) is 94.7 cm³/mol. The summed E-state index contributed by atoms with van der Waals surface area (Å²) in [4.78, 5) is 4.40. The number of benzene rings is 2. The Morgan fingerprint density at radius 1 is 1.00 bits per heavy atom. The van der Waals surface area contributed by atoms with Crippen LogP contribution in [0, 0.1) is 0 Å². The first-order valence-electron chi connectivity index (χ1n) is 7.76. The van der Waals surface area contributed by atoms with Crippen LogP contribution in [-0.4, -0.2) is 12.8 Å². The van der Waals surface area contributed by atoms with E-state index in [2.05, 4.69) is 30.6 Å². The highest BCUT2D eigenvalue weighted by Gasteiger charge is 1.97. The zero-order valence-electron chi connectivity index (χ0n) is 13.2. The molecule has 0 radical (unpaired) electrons. The summed E-state index contributed by atoms with van der Waals surface area (Å²) >= 11 is 0. The molecule has 0 bridgehead atoms. The number of hydrogen-bond donors (Lipinski definition) is 0. The maximum atomic E-state index is 5.79. The molecule has 2 rings (SSSR count). The minimum atomic E-state index is 0.571. The van der Waals surface area contributed by atoms with Crippen LogP contribution in [0.15, 0.2) is 60.1 Å². The summed E-state index contributed by atoms with van der Waals surface area (Å²) < 4.78 is 5.79. The molecule has 0 amide bonds. The van der Waals surface area contributed by atoms with Crippen molar-refractivity contribution in [3.05, 3.63) is 71.8 Å². The van der Waals surface area contributed by atoms with E-state index in [0.29, 0.717) is 6.61 Å². The highest BCUT2D eigenvalue weighted by Crippen LogP contribution is 2.14. The van der Waals surface area contributed by atoms with Gasteiger partial charge in [0.15, 0.2) is 0 Å². The Hall–Kier alpha value is -2.35. The van der Waals surface area contributed by atoms with Gasteiger partial charge >= 0.3 is 0 Å². The van der Waals surface area contributed by atoms with Gasteiger partial charge in [-0.2, -0.15) is 0 Å². The van der Waals surface area contributed by atoms with Gasteiger partial charge in [0.1, 0.15) is 12.4 Å². The average Bonchev–Trinajstić information content (AvgIpc) is 2.58. The zero-order chi connectivity index (χ0) is 15.6. The average molecular weight is 293 g/mol. The van der Waals surface area contributed by atoms with E-state index in [1.54, 1.807) is 0 Å². The van der Waals surface area contributed by atoms with Crippen molar-refractivity contribution in [2.45, 2.75) is 26.4 Å². The Morgan fingerprint density at radius 2 is 1.68 bits per heavy atom. The minimum absolute atomic E-state index is 0.571. The molecular formula is C20H23NO. The van der Waals surface area contributed by atoms with Crippen LogP contribution < -0.4 is 4.74 Å². The van der Waals surface area contributed by atoms with Gasteiger partial charge in [-0.25, -0.2) is 0 Å². The van der Waals surface area contributed by atoms with Crippen LogP contribution in [0.2, 0.25) is 0 Å². The normalized spacial score (nSPS) is 10.8. The van der Waals surface area contributed by atoms with Crippen molar-refractivity contribution >= 4 is 12.3 Å². The van der Waals surface area contributed by atoms with Crippen molar-refractivity contribution in [3.8, 4) is 5.75 Å². The van der Waals surface area contributed by atoms with Gasteiger partial charge in [-0.1, -0.05) is 50.3 Å². The first-order chi connectivity index (χ1) is 10.8. The molecule has 0 aliphatic heterocycles. The van der Waals surface area contributed by atoms with Gasteiger partial charge in [0, 0.05) is 12.8 Å². The van der Waals surface area contributed by atoms with Gasteiger partial charge < -0.3 is 4.74 Å². The molecule has 0 spiro atoms. The standard InChI is InChI=1S/C20H23NO/c1-3-5-14-21-15-18-10-12-20(13-11-18)22-16-19-8-6-17(4-2)7-9-19/h4,6-13,15H,2-3,5,14,16H2,1H3/b21-15+. The number of rotatable bonds is 8. The Kier molecular flexibility index (Phi) is 6.43. The van der Waals surface area contributed by atoms with Crippen LogP contribution in [0.4, 0.5) is 0 Å². The molecule has 0 aliphatic carbocycles. The van der Waals surface area contributed by atoms with Gasteiger partial charge in [0.25, 0.3) is 0 Å². The topological polar surface area (TPSA) is 21.6 Å². The molecule has 0 fully saturated rings. The highest BCUT2D eigenvalue weighted by atomic mass is 16.5. The minimum Gasteiger partial charge on any atom is -0.489 e. The summed E-state index contributed by atoms with van der Waals surface area (Å²) in [6, 6.07) is 16.2. The quantitative estimate of drug-likeness (QED) is 0.488. The number of ether oxygens (including phenoxy) is 1. The smallest absolute Gasteiger partial charge is 0.119 e. The van der Waals surface area contributed by atoms with E-state index in [1.807, 2.05) is 48.7 Å². The number of hydrogen-bond acceptors (Lipinski definition) is 2. The Bertz CT molecular complexity index is 597. The van der Waals surface area contributed by atoms with Crippen molar-refractivity contribution in [2.24, 2.45) is 4.99 Å². The van der Waals surface area contributed by atoms with Crippen LogP contribution in [0.5, 0.6) is 5.75 Å². The summed E-state index contributed by atoms with van der Waals surface area (Å²) in [6.45, 7) is 7.39. The molecule has 0 N–H and O–H groups in total. The van der Waals surface area contributed by atoms with E-state index in [-0.39, 0.29) is 0 Å². The number of unbranched alkanes of at least 4 members (excludes halogenated alkanes) is 1. The summed E-state index contributed by atoms with van der Waals surface area (Å²) in [6.07, 6.45) is 6.08. The fourth-order valence-electron chi connectivity index (χ4n) is 1.99. The van der Waals surface area contributed by atoms with E-state index in [4.69, 9.17) is 4.74 Å². The van der Waals surface area contributed by atoms with Gasteiger partial charge in [0.05, 0.1) is 0 Å². The number of nitrogens with zero attached hydrogens (tertiary/aromatic N) is 1. The SMILES string of the molecule is C=Cc1ccc(COc2ccc(/C=N/CCCC)cc2)cc1. The molecular weight excluding hydrogens is 270 g/mol. The lowest BCUT2D eigenvalue weighted by Crippen LogP contribution is -1.95. The summed E-state index contributed by atoms with van der Waals surface area (Å²) in [5, 5.41) is 0. The Balaban J connectivity index is 1.85. The lowest BCUT2D eigenvalue weighted by Gasteiger charge is -2.07. The molecule has 2 nitrogen and oxygen atoms in total. The molecule has 0 unspecified atom stereocenters. The lowest BCUT2D eigenvalue weighted by atomic mass is 10.1. The third-order valence-corrected chi connectivity index (χ3v) is 3.38. The first kappa shape index (κ1) is 16.0. The molecule has 2 aromatic rings. The van der Waals surface area contributed by atoms with E-state index in [9.17, 15) is 0 Å². The second-order valence-electron chi connectivity index (χ2n) is 5.19. The summed E-state index contributed by atoms with van der Waals surface area (Å²) in [7, 11) is 0. The van der Waals surface area contributed by atoms with E-state index >= 15 is 0 Å². The Morgan fingerprint density at radius 3 is 2.32 bits per heavy atom. The van der Waals surface area contributed by atoms with Crippen molar-refractivity contribution < 1.29 is 4.74 Å². The molecule has 2 heteroatoms. The molecule has 114 valence electrons. The molecule has 22 heavy (non-hydrogen) atoms. The molecule has 0 saturated carbocycles. The van der Waals surface area contributed by atoms with Crippen LogP contribution in [0.1, 0.15) is 36.5 Å². The fourth-order valence-corrected chi connectivity index (χ4v) is 1.99. The predicted octanol–water partition coefficient (Wildman–Crippen LogP) is 5.13. The van der Waals surface area contributed by atoms with Gasteiger partial charge in [-0.3, -0.25) is 4.99 Å². The highest BCUT2D eigenvalue weighted by molar-refractivity contribution is 5.79. The molecule has 0 heterocycles. The fraction of sp³-hybridized carbons (Fsp3) is 0.250. The number of aliphatic imine (C=N–C) groups is 1. The van der Waals surface area contributed by atoms with E-state index < -0.39 is 0 Å². The van der Waals surface area contributed by atoms with Crippen LogP contribution in [0.3, 0.4) is 0 Å². The van der Waals surface area contributed by atoms with Gasteiger partial charge in [-0.05, 0) is 47.4 Å². The van der Waals surface area contributed by atoms with Crippen LogP contribution in [0.25, 0.3) is 6.08 Å². The van der Waals surface area contributed by atoms with Crippen molar-refractivity contribution in [1.29, 1.82) is 0 Å². The molecule has 0 aromatic heterocycles. The first-order valence-corrected chi connectivity index (χ1v) is 7.76. The molecule has 0 saturated heterocycles.